The Morgan fingerprint density at radius 2 is 2.38 bits per heavy atom. The zero-order valence-corrected chi connectivity index (χ0v) is 8.39. The number of aromatic nitrogens is 3. The number of aromatic hydroxyl groups is 1. The molecule has 0 unspecified atom stereocenters. The normalized spacial score (nSPS) is 10.5. The van der Waals surface area contributed by atoms with Crippen LogP contribution in [0.1, 0.15) is 0 Å². The Bertz CT molecular complexity index is 481. The van der Waals surface area contributed by atoms with Crippen molar-refractivity contribution in [1.82, 2.24) is 10.1 Å². The van der Waals surface area contributed by atoms with Gasteiger partial charge in [-0.05, 0) is 8.07 Å². The van der Waals surface area contributed by atoms with E-state index in [0.29, 0.717) is 10.8 Å². The van der Waals surface area contributed by atoms with Gasteiger partial charge in [0.05, 0.1) is 5.39 Å². The lowest BCUT2D eigenvalue weighted by atomic mass is 10.3. The van der Waals surface area contributed by atoms with Gasteiger partial charge in [0, 0.05) is 5.10 Å². The maximum Gasteiger partial charge on any atom is 0.384 e. The molecule has 0 aliphatic carbocycles. The van der Waals surface area contributed by atoms with Crippen molar-refractivity contribution < 1.29 is 8.00 Å². The maximum absolute atomic E-state index is 10.3. The minimum atomic E-state index is -0.0718. The first-order chi connectivity index (χ1) is 6.22. The van der Waals surface area contributed by atoms with E-state index < -0.39 is 0 Å². The van der Waals surface area contributed by atoms with Crippen molar-refractivity contribution in [2.45, 2.75) is 0 Å². The van der Waals surface area contributed by atoms with E-state index in [4.69, 9.17) is 0 Å². The molecule has 66 valence electrons. The number of nitroso groups, excluding NO2 is 1. The predicted octanol–water partition coefficient (Wildman–Crippen LogP) is 1.15. The van der Waals surface area contributed by atoms with Gasteiger partial charge in [0.2, 0.25) is 12.1 Å². The molecule has 0 aliphatic rings. The van der Waals surface area contributed by atoms with Crippen LogP contribution in [0.15, 0.2) is 17.6 Å². The van der Waals surface area contributed by atoms with E-state index in [1.54, 1.807) is 6.20 Å². The van der Waals surface area contributed by atoms with Gasteiger partial charge < -0.3 is 10.1 Å². The molecule has 13 heavy (non-hydrogen) atoms. The number of H-pyrrole nitrogens is 1. The Labute approximate surface area is 86.0 Å². The van der Waals surface area contributed by atoms with Crippen molar-refractivity contribution in [3.05, 3.63) is 17.3 Å². The SMILES string of the molecule is O=Nc1[nH]c(O)c2c[n+](I)ncc12. The first kappa shape index (κ1) is 8.35. The minimum absolute atomic E-state index is 0.0718. The van der Waals surface area contributed by atoms with E-state index in [1.165, 1.54) is 9.09 Å². The van der Waals surface area contributed by atoms with Gasteiger partial charge in [0.1, 0.15) is 11.6 Å². The van der Waals surface area contributed by atoms with E-state index in [9.17, 15) is 10.0 Å². The molecule has 0 fully saturated rings. The van der Waals surface area contributed by atoms with Gasteiger partial charge in [-0.1, -0.05) is 0 Å². The Morgan fingerprint density at radius 1 is 1.62 bits per heavy atom. The first-order valence-electron chi connectivity index (χ1n) is 3.34. The van der Waals surface area contributed by atoms with Gasteiger partial charge in [-0.2, -0.15) is 0 Å². The highest BCUT2D eigenvalue weighted by molar-refractivity contribution is 14.1. The zero-order chi connectivity index (χ0) is 9.42. The average molecular weight is 291 g/mol. The van der Waals surface area contributed by atoms with E-state index in [0.717, 1.165) is 0 Å². The summed E-state index contributed by atoms with van der Waals surface area (Å²) in [7, 11) is 0. The smallest absolute Gasteiger partial charge is 0.384 e. The number of nitrogens with one attached hydrogen (secondary N) is 1. The lowest BCUT2D eigenvalue weighted by Crippen LogP contribution is -2.22. The predicted molar refractivity (Wildman–Crippen MR) is 52.8 cm³/mol. The third kappa shape index (κ3) is 1.24. The van der Waals surface area contributed by atoms with Gasteiger partial charge in [-0.25, -0.2) is 0 Å². The molecule has 0 aliphatic heterocycles. The molecule has 7 heteroatoms. The molecule has 2 aromatic heterocycles. The molecule has 0 aromatic carbocycles. The summed E-state index contributed by atoms with van der Waals surface area (Å²) in [6, 6.07) is 0. The van der Waals surface area contributed by atoms with Gasteiger partial charge in [-0.3, -0.25) is 0 Å². The molecule has 0 saturated heterocycles. The van der Waals surface area contributed by atoms with Crippen LogP contribution in [-0.2, 0) is 0 Å². The van der Waals surface area contributed by atoms with Crippen LogP contribution in [0.4, 0.5) is 5.82 Å². The summed E-state index contributed by atoms with van der Waals surface area (Å²) in [5.41, 5.74) is 0. The molecule has 2 rings (SSSR count). The number of hydrogen-bond acceptors (Lipinski definition) is 4. The summed E-state index contributed by atoms with van der Waals surface area (Å²) in [4.78, 5) is 12.7. The molecule has 0 radical (unpaired) electrons. The second-order valence-electron chi connectivity index (χ2n) is 2.40. The van der Waals surface area contributed by atoms with E-state index in [2.05, 4.69) is 15.3 Å². The van der Waals surface area contributed by atoms with Crippen molar-refractivity contribution in [3.8, 4) is 5.88 Å². The standard InChI is InChI=1S/C6H3IN4O2/c7-11-2-4-3(1-8-11)5(10-13)9-6(4)12/h1-2H,(H,8,9,12)/p+1. The minimum Gasteiger partial charge on any atom is -0.494 e. The zero-order valence-electron chi connectivity index (χ0n) is 6.23. The van der Waals surface area contributed by atoms with Crippen LogP contribution in [0.3, 0.4) is 0 Å². The summed E-state index contributed by atoms with van der Waals surface area (Å²) < 4.78 is 1.50. The number of fused-ring (bicyclic) bond motifs is 1. The fraction of sp³-hybridized carbons (Fsp3) is 0. The number of aromatic amines is 1. The highest BCUT2D eigenvalue weighted by Crippen LogP contribution is 2.30. The third-order valence-electron chi connectivity index (χ3n) is 1.66. The summed E-state index contributed by atoms with van der Waals surface area (Å²) >= 11 is 1.94. The summed E-state index contributed by atoms with van der Waals surface area (Å²) in [5, 5.41) is 17.0. The molecular formula is C6H4IN4O2+. The Hall–Kier alpha value is -1.25. The number of halogens is 1. The van der Waals surface area contributed by atoms with Gasteiger partial charge in [-0.15, -0.1) is 4.91 Å². The van der Waals surface area contributed by atoms with Crippen molar-refractivity contribution in [2.24, 2.45) is 5.18 Å². The molecule has 0 bridgehead atoms. The van der Waals surface area contributed by atoms with Crippen LogP contribution in [0.2, 0.25) is 0 Å². The molecule has 0 atom stereocenters. The van der Waals surface area contributed by atoms with Gasteiger partial charge in [0.15, 0.2) is 5.82 Å². The monoisotopic (exact) mass is 291 g/mol. The van der Waals surface area contributed by atoms with Gasteiger partial charge >= 0.3 is 22.9 Å². The summed E-state index contributed by atoms with van der Waals surface area (Å²) in [5.74, 6) is 0.0226. The molecular weight excluding hydrogens is 287 g/mol. The number of nitrogens with zero attached hydrogens (tertiary/aromatic N) is 3. The van der Waals surface area contributed by atoms with Crippen LogP contribution in [0.5, 0.6) is 5.88 Å². The van der Waals surface area contributed by atoms with Crippen molar-refractivity contribution >= 4 is 39.5 Å². The van der Waals surface area contributed by atoms with Crippen molar-refractivity contribution in [3.63, 3.8) is 0 Å². The average Bonchev–Trinajstić information content (AvgIpc) is 2.43. The molecule has 2 heterocycles. The summed E-state index contributed by atoms with van der Waals surface area (Å²) in [6.07, 6.45) is 3.06. The van der Waals surface area contributed by atoms with E-state index >= 15 is 0 Å². The molecule has 0 saturated carbocycles. The van der Waals surface area contributed by atoms with Crippen LogP contribution in [-0.4, -0.2) is 15.2 Å². The van der Waals surface area contributed by atoms with E-state index in [1.807, 2.05) is 22.9 Å². The quantitative estimate of drug-likeness (QED) is 0.611. The Balaban J connectivity index is 2.88. The highest BCUT2D eigenvalue weighted by Gasteiger charge is 2.14. The topological polar surface area (TPSA) is 82.2 Å². The van der Waals surface area contributed by atoms with Crippen molar-refractivity contribution in [1.29, 1.82) is 0 Å². The fourth-order valence-corrected chi connectivity index (χ4v) is 1.49. The Kier molecular flexibility index (Phi) is 1.87. The van der Waals surface area contributed by atoms with Crippen LogP contribution in [0.25, 0.3) is 10.8 Å². The second kappa shape index (κ2) is 2.91. The molecule has 0 spiro atoms. The molecule has 2 N–H and O–H groups in total. The Morgan fingerprint density at radius 3 is 3.08 bits per heavy atom. The van der Waals surface area contributed by atoms with Crippen LogP contribution < -0.4 is 2.90 Å². The molecule has 0 amide bonds. The lowest BCUT2D eigenvalue weighted by Gasteiger charge is -1.83. The summed E-state index contributed by atoms with van der Waals surface area (Å²) in [6.45, 7) is 0. The highest BCUT2D eigenvalue weighted by atomic mass is 127. The maximum atomic E-state index is 10.3. The third-order valence-corrected chi connectivity index (χ3v) is 2.19. The fourth-order valence-electron chi connectivity index (χ4n) is 1.09. The number of rotatable bonds is 1. The van der Waals surface area contributed by atoms with Crippen LogP contribution in [0, 0.1) is 4.91 Å². The second-order valence-corrected chi connectivity index (χ2v) is 3.39. The van der Waals surface area contributed by atoms with Crippen molar-refractivity contribution in [2.75, 3.05) is 0 Å². The molecule has 6 nitrogen and oxygen atoms in total. The number of hydrogen-bond donors (Lipinski definition) is 2. The van der Waals surface area contributed by atoms with E-state index in [-0.39, 0.29) is 11.7 Å². The van der Waals surface area contributed by atoms with Crippen LogP contribution >= 0.6 is 22.9 Å². The lowest BCUT2D eigenvalue weighted by molar-refractivity contribution is -0.512. The first-order valence-corrected chi connectivity index (χ1v) is 4.31. The van der Waals surface area contributed by atoms with Gasteiger partial charge in [0.25, 0.3) is 0 Å². The molecule has 2 aromatic rings. The largest absolute Gasteiger partial charge is 0.494 e.